The van der Waals surface area contributed by atoms with E-state index in [1.54, 1.807) is 13.8 Å². The van der Waals surface area contributed by atoms with Crippen molar-refractivity contribution < 1.29 is 22.7 Å². The average molecular weight is 262 g/mol. The quantitative estimate of drug-likeness (QED) is 0.820. The fourth-order valence-corrected chi connectivity index (χ4v) is 1.47. The first-order chi connectivity index (χ1) is 8.24. The van der Waals surface area contributed by atoms with Crippen LogP contribution in [0.4, 0.5) is 17.6 Å². The van der Waals surface area contributed by atoms with Crippen molar-refractivity contribution in [1.29, 1.82) is 0 Å². The van der Waals surface area contributed by atoms with Crippen LogP contribution in [0.25, 0.3) is 6.08 Å². The van der Waals surface area contributed by atoms with Crippen LogP contribution in [-0.2, 0) is 6.18 Å². The lowest BCUT2D eigenvalue weighted by molar-refractivity contribution is -0.137. The van der Waals surface area contributed by atoms with Gasteiger partial charge in [0.1, 0.15) is 5.82 Å². The first-order valence-electron chi connectivity index (χ1n) is 5.43. The molecule has 0 heterocycles. The minimum atomic E-state index is -4.58. The molecule has 1 nitrogen and oxygen atoms in total. The molecule has 0 aliphatic carbocycles. The fraction of sp³-hybridized carbons (Fsp3) is 0.385. The lowest BCUT2D eigenvalue weighted by atomic mass is 10.00. The van der Waals surface area contributed by atoms with Gasteiger partial charge in [0, 0.05) is 0 Å². The smallest absolute Gasteiger partial charge is 0.392 e. The van der Waals surface area contributed by atoms with E-state index in [0.29, 0.717) is 11.6 Å². The van der Waals surface area contributed by atoms with Crippen molar-refractivity contribution in [2.24, 2.45) is 5.92 Å². The number of aliphatic hydroxyl groups is 1. The SMILES string of the molecule is CC(C)/C(=C/c1cc(F)cc(C(F)(F)F)c1)CO. The van der Waals surface area contributed by atoms with Crippen LogP contribution in [0.1, 0.15) is 25.0 Å². The lowest BCUT2D eigenvalue weighted by Crippen LogP contribution is -2.06. The molecule has 0 aromatic heterocycles. The maximum Gasteiger partial charge on any atom is 0.416 e. The van der Waals surface area contributed by atoms with Gasteiger partial charge in [-0.2, -0.15) is 13.2 Å². The van der Waals surface area contributed by atoms with E-state index in [1.165, 1.54) is 6.08 Å². The minimum absolute atomic E-state index is 0.0207. The highest BCUT2D eigenvalue weighted by atomic mass is 19.4. The van der Waals surface area contributed by atoms with Gasteiger partial charge < -0.3 is 5.11 Å². The molecule has 1 aromatic rings. The largest absolute Gasteiger partial charge is 0.416 e. The van der Waals surface area contributed by atoms with Gasteiger partial charge in [-0.1, -0.05) is 19.9 Å². The molecule has 0 radical (unpaired) electrons. The van der Waals surface area contributed by atoms with E-state index in [1.807, 2.05) is 0 Å². The zero-order valence-corrected chi connectivity index (χ0v) is 10.1. The Kier molecular flexibility index (Phi) is 4.51. The summed E-state index contributed by atoms with van der Waals surface area (Å²) in [5.41, 5.74) is -0.386. The maximum atomic E-state index is 13.1. The van der Waals surface area contributed by atoms with Gasteiger partial charge in [0.15, 0.2) is 0 Å². The van der Waals surface area contributed by atoms with Crippen molar-refractivity contribution in [3.63, 3.8) is 0 Å². The second-order valence-corrected chi connectivity index (χ2v) is 4.30. The molecule has 0 atom stereocenters. The molecular formula is C13H14F4O. The van der Waals surface area contributed by atoms with E-state index in [0.717, 1.165) is 12.1 Å². The van der Waals surface area contributed by atoms with Gasteiger partial charge in [-0.15, -0.1) is 0 Å². The molecule has 5 heteroatoms. The zero-order chi connectivity index (χ0) is 13.9. The van der Waals surface area contributed by atoms with Gasteiger partial charge in [-0.05, 0) is 35.3 Å². The monoisotopic (exact) mass is 262 g/mol. The third-order valence-corrected chi connectivity index (χ3v) is 2.52. The van der Waals surface area contributed by atoms with Crippen LogP contribution in [0.2, 0.25) is 0 Å². The molecule has 0 fully saturated rings. The third kappa shape index (κ3) is 3.84. The second kappa shape index (κ2) is 5.52. The number of alkyl halides is 3. The Morgan fingerprint density at radius 2 is 1.89 bits per heavy atom. The van der Waals surface area contributed by atoms with Crippen LogP contribution >= 0.6 is 0 Å². The van der Waals surface area contributed by atoms with Gasteiger partial charge in [0.2, 0.25) is 0 Å². The van der Waals surface area contributed by atoms with Crippen LogP contribution in [0.15, 0.2) is 23.8 Å². The Bertz CT molecular complexity index is 447. The summed E-state index contributed by atoms with van der Waals surface area (Å²) in [6.07, 6.45) is -3.20. The Hall–Kier alpha value is -1.36. The fourth-order valence-electron chi connectivity index (χ4n) is 1.47. The van der Waals surface area contributed by atoms with E-state index < -0.39 is 17.6 Å². The zero-order valence-electron chi connectivity index (χ0n) is 10.1. The first kappa shape index (κ1) is 14.7. The first-order valence-corrected chi connectivity index (χ1v) is 5.43. The predicted octanol–water partition coefficient (Wildman–Crippen LogP) is 3.88. The Labute approximate surface area is 103 Å². The number of halogens is 4. The van der Waals surface area contributed by atoms with E-state index in [4.69, 9.17) is 5.11 Å². The number of hydrogen-bond acceptors (Lipinski definition) is 1. The molecule has 100 valence electrons. The summed E-state index contributed by atoms with van der Waals surface area (Å²) in [5.74, 6) is -0.968. The Balaban J connectivity index is 3.22. The summed E-state index contributed by atoms with van der Waals surface area (Å²) in [6.45, 7) is 3.33. The van der Waals surface area contributed by atoms with Crippen LogP contribution in [0, 0.1) is 11.7 Å². The van der Waals surface area contributed by atoms with Gasteiger partial charge >= 0.3 is 6.18 Å². The van der Waals surface area contributed by atoms with E-state index in [-0.39, 0.29) is 18.1 Å². The molecular weight excluding hydrogens is 248 g/mol. The highest BCUT2D eigenvalue weighted by Crippen LogP contribution is 2.31. The number of aliphatic hydroxyl groups excluding tert-OH is 1. The van der Waals surface area contributed by atoms with E-state index in [9.17, 15) is 17.6 Å². The number of benzene rings is 1. The summed E-state index contributed by atoms with van der Waals surface area (Å²) in [7, 11) is 0. The lowest BCUT2D eigenvalue weighted by Gasteiger charge is -2.10. The van der Waals surface area contributed by atoms with Crippen LogP contribution in [-0.4, -0.2) is 11.7 Å². The predicted molar refractivity (Wildman–Crippen MR) is 61.3 cm³/mol. The summed E-state index contributed by atoms with van der Waals surface area (Å²) in [4.78, 5) is 0. The van der Waals surface area contributed by atoms with Crippen LogP contribution in [0.5, 0.6) is 0 Å². The normalized spacial score (nSPS) is 13.2. The highest BCUT2D eigenvalue weighted by molar-refractivity contribution is 5.55. The summed E-state index contributed by atoms with van der Waals surface area (Å²) in [5, 5.41) is 9.07. The van der Waals surface area contributed by atoms with Gasteiger partial charge in [0.25, 0.3) is 0 Å². The van der Waals surface area contributed by atoms with E-state index in [2.05, 4.69) is 0 Å². The number of hydrogen-bond donors (Lipinski definition) is 1. The molecule has 1 rings (SSSR count). The second-order valence-electron chi connectivity index (χ2n) is 4.30. The highest BCUT2D eigenvalue weighted by Gasteiger charge is 2.31. The molecule has 0 aliphatic heterocycles. The van der Waals surface area contributed by atoms with Crippen molar-refractivity contribution in [2.45, 2.75) is 20.0 Å². The molecule has 1 N–H and O–H groups in total. The summed E-state index contributed by atoms with van der Waals surface area (Å²) in [6, 6.07) is 2.32. The molecule has 0 amide bonds. The molecule has 0 aliphatic rings. The average Bonchev–Trinajstić information content (AvgIpc) is 2.23. The standard InChI is InChI=1S/C13H14F4O/c1-8(2)10(7-18)3-9-4-11(13(15,16)17)6-12(14)5-9/h3-6,8,18H,7H2,1-2H3/b10-3+. The molecule has 0 spiro atoms. The van der Waals surface area contributed by atoms with Crippen molar-refractivity contribution in [3.05, 3.63) is 40.7 Å². The minimum Gasteiger partial charge on any atom is -0.392 e. The van der Waals surface area contributed by atoms with Gasteiger partial charge in [-0.3, -0.25) is 0 Å². The van der Waals surface area contributed by atoms with Crippen molar-refractivity contribution in [3.8, 4) is 0 Å². The molecule has 1 aromatic carbocycles. The summed E-state index contributed by atoms with van der Waals surface area (Å²) >= 11 is 0. The molecule has 0 bridgehead atoms. The van der Waals surface area contributed by atoms with E-state index >= 15 is 0 Å². The molecule has 0 saturated carbocycles. The molecule has 0 saturated heterocycles. The summed E-state index contributed by atoms with van der Waals surface area (Å²) < 4.78 is 50.6. The molecule has 0 unspecified atom stereocenters. The Morgan fingerprint density at radius 1 is 1.28 bits per heavy atom. The third-order valence-electron chi connectivity index (χ3n) is 2.52. The van der Waals surface area contributed by atoms with Gasteiger partial charge in [-0.25, -0.2) is 4.39 Å². The topological polar surface area (TPSA) is 20.2 Å². The van der Waals surface area contributed by atoms with Crippen molar-refractivity contribution >= 4 is 6.08 Å². The van der Waals surface area contributed by atoms with Crippen LogP contribution < -0.4 is 0 Å². The maximum absolute atomic E-state index is 13.1. The van der Waals surface area contributed by atoms with Crippen LogP contribution in [0.3, 0.4) is 0 Å². The van der Waals surface area contributed by atoms with Gasteiger partial charge in [0.05, 0.1) is 12.2 Å². The van der Waals surface area contributed by atoms with Crippen molar-refractivity contribution in [2.75, 3.05) is 6.61 Å². The Morgan fingerprint density at radius 3 is 2.33 bits per heavy atom. The van der Waals surface area contributed by atoms with Crippen molar-refractivity contribution in [1.82, 2.24) is 0 Å². The molecule has 18 heavy (non-hydrogen) atoms. The number of rotatable bonds is 3.